The van der Waals surface area contributed by atoms with Crippen LogP contribution in [0.15, 0.2) is 51.4 Å². The number of hydrogen-bond acceptors (Lipinski definition) is 4. The zero-order valence-electron chi connectivity index (χ0n) is 13.0. The quantitative estimate of drug-likeness (QED) is 0.756. The first-order valence-corrected chi connectivity index (χ1v) is 8.59. The number of para-hydroxylation sites is 1. The number of fused-ring (bicyclic) bond motifs is 1. The summed E-state index contributed by atoms with van der Waals surface area (Å²) >= 11 is 1.36. The summed E-state index contributed by atoms with van der Waals surface area (Å²) in [4.78, 5) is 29.4. The number of nitrogens with one attached hydrogen (secondary N) is 1. The lowest BCUT2D eigenvalue weighted by Gasteiger charge is -2.23. The summed E-state index contributed by atoms with van der Waals surface area (Å²) in [5.74, 6) is 0. The second-order valence-electron chi connectivity index (χ2n) is 5.32. The standard InChI is InChI=1S/C17H19N3O2S/c1-2-19(13-7-4-3-5-8-13)10-6-11-20-16(21)15-14(9-12-23-15)18-17(20)22/h3-5,7-9,12H,2,6,10-11H2,1H3,(H,18,22). The fourth-order valence-corrected chi connectivity index (χ4v) is 3.50. The zero-order chi connectivity index (χ0) is 16.2. The van der Waals surface area contributed by atoms with Gasteiger partial charge in [0.05, 0.1) is 5.52 Å². The SMILES string of the molecule is CCN(CCCn1c(=O)[nH]c2ccsc2c1=O)c1ccccc1. The molecule has 1 N–H and O–H groups in total. The third kappa shape index (κ3) is 3.22. The zero-order valence-corrected chi connectivity index (χ0v) is 13.8. The van der Waals surface area contributed by atoms with Gasteiger partial charge in [0, 0.05) is 25.3 Å². The lowest BCUT2D eigenvalue weighted by atomic mass is 10.2. The van der Waals surface area contributed by atoms with Crippen molar-refractivity contribution in [1.29, 1.82) is 0 Å². The van der Waals surface area contributed by atoms with Crippen molar-refractivity contribution in [2.75, 3.05) is 18.0 Å². The van der Waals surface area contributed by atoms with Crippen LogP contribution in [0.5, 0.6) is 0 Å². The molecule has 23 heavy (non-hydrogen) atoms. The Morgan fingerprint density at radius 2 is 1.96 bits per heavy atom. The normalized spacial score (nSPS) is 11.0. The number of hydrogen-bond donors (Lipinski definition) is 1. The fourth-order valence-electron chi connectivity index (χ4n) is 2.70. The Kier molecular flexibility index (Phi) is 4.62. The van der Waals surface area contributed by atoms with Crippen molar-refractivity contribution >= 4 is 27.2 Å². The van der Waals surface area contributed by atoms with Gasteiger partial charge in [-0.25, -0.2) is 4.79 Å². The average molecular weight is 329 g/mol. The van der Waals surface area contributed by atoms with E-state index in [0.717, 1.165) is 25.2 Å². The van der Waals surface area contributed by atoms with Gasteiger partial charge in [0.2, 0.25) is 0 Å². The van der Waals surface area contributed by atoms with Crippen molar-refractivity contribution in [3.05, 3.63) is 62.6 Å². The molecule has 0 saturated heterocycles. The molecule has 0 spiro atoms. The van der Waals surface area contributed by atoms with Gasteiger partial charge in [-0.3, -0.25) is 9.36 Å². The Bertz CT molecular complexity index is 895. The third-order valence-electron chi connectivity index (χ3n) is 3.90. The summed E-state index contributed by atoms with van der Waals surface area (Å²) in [6, 6.07) is 11.9. The second kappa shape index (κ2) is 6.83. The van der Waals surface area contributed by atoms with Gasteiger partial charge in [-0.2, -0.15) is 0 Å². The number of anilines is 1. The first kappa shape index (κ1) is 15.6. The summed E-state index contributed by atoms with van der Waals surface area (Å²) in [5, 5.41) is 1.82. The molecule has 3 rings (SSSR count). The Balaban J connectivity index is 1.74. The van der Waals surface area contributed by atoms with Crippen LogP contribution in [-0.4, -0.2) is 22.6 Å². The summed E-state index contributed by atoms with van der Waals surface area (Å²) in [5.41, 5.74) is 1.26. The number of nitrogens with zero attached hydrogens (tertiary/aromatic N) is 2. The van der Waals surface area contributed by atoms with Gasteiger partial charge in [-0.1, -0.05) is 18.2 Å². The van der Waals surface area contributed by atoms with Gasteiger partial charge < -0.3 is 9.88 Å². The van der Waals surface area contributed by atoms with Crippen molar-refractivity contribution in [1.82, 2.24) is 9.55 Å². The van der Waals surface area contributed by atoms with Crippen LogP contribution < -0.4 is 16.1 Å². The molecule has 2 heterocycles. The van der Waals surface area contributed by atoms with Crippen molar-refractivity contribution < 1.29 is 0 Å². The van der Waals surface area contributed by atoms with Gasteiger partial charge in [0.25, 0.3) is 5.56 Å². The van der Waals surface area contributed by atoms with E-state index in [1.165, 1.54) is 15.9 Å². The number of thiophene rings is 1. The van der Waals surface area contributed by atoms with E-state index >= 15 is 0 Å². The summed E-state index contributed by atoms with van der Waals surface area (Å²) in [6.45, 7) is 4.21. The Morgan fingerprint density at radius 3 is 2.70 bits per heavy atom. The van der Waals surface area contributed by atoms with E-state index in [2.05, 4.69) is 28.9 Å². The first-order valence-electron chi connectivity index (χ1n) is 7.71. The van der Waals surface area contributed by atoms with Gasteiger partial charge in [-0.05, 0) is 36.9 Å². The summed E-state index contributed by atoms with van der Waals surface area (Å²) in [6.07, 6.45) is 0.739. The minimum Gasteiger partial charge on any atom is -0.372 e. The smallest absolute Gasteiger partial charge is 0.328 e. The molecule has 0 unspecified atom stereocenters. The van der Waals surface area contributed by atoms with Crippen LogP contribution in [0.2, 0.25) is 0 Å². The molecule has 2 aromatic heterocycles. The predicted molar refractivity (Wildman–Crippen MR) is 95.7 cm³/mol. The highest BCUT2D eigenvalue weighted by molar-refractivity contribution is 7.17. The number of benzene rings is 1. The van der Waals surface area contributed by atoms with Crippen molar-refractivity contribution in [2.24, 2.45) is 0 Å². The van der Waals surface area contributed by atoms with Crippen LogP contribution in [0.3, 0.4) is 0 Å². The molecule has 5 nitrogen and oxygen atoms in total. The number of H-pyrrole nitrogens is 1. The van der Waals surface area contributed by atoms with E-state index in [-0.39, 0.29) is 11.2 Å². The predicted octanol–water partition coefficient (Wildman–Crippen LogP) is 2.67. The van der Waals surface area contributed by atoms with Crippen molar-refractivity contribution in [3.8, 4) is 0 Å². The first-order chi connectivity index (χ1) is 11.2. The highest BCUT2D eigenvalue weighted by Gasteiger charge is 2.09. The van der Waals surface area contributed by atoms with E-state index < -0.39 is 0 Å². The maximum absolute atomic E-state index is 12.4. The average Bonchev–Trinajstić information content (AvgIpc) is 3.03. The number of aromatic nitrogens is 2. The van der Waals surface area contributed by atoms with E-state index in [4.69, 9.17) is 0 Å². The molecular weight excluding hydrogens is 310 g/mol. The maximum atomic E-state index is 12.4. The molecule has 120 valence electrons. The van der Waals surface area contributed by atoms with Crippen molar-refractivity contribution in [3.63, 3.8) is 0 Å². The lowest BCUT2D eigenvalue weighted by molar-refractivity contribution is 0.589. The largest absolute Gasteiger partial charge is 0.372 e. The van der Waals surface area contributed by atoms with E-state index in [1.54, 1.807) is 6.07 Å². The minimum atomic E-state index is -0.330. The number of rotatable bonds is 6. The molecule has 0 aliphatic carbocycles. The Morgan fingerprint density at radius 1 is 1.17 bits per heavy atom. The van der Waals surface area contributed by atoms with Gasteiger partial charge in [-0.15, -0.1) is 11.3 Å². The molecule has 0 radical (unpaired) electrons. The van der Waals surface area contributed by atoms with Crippen LogP contribution in [0.4, 0.5) is 5.69 Å². The van der Waals surface area contributed by atoms with Crippen LogP contribution in [0, 0.1) is 0 Å². The van der Waals surface area contributed by atoms with Gasteiger partial charge in [0.1, 0.15) is 4.70 Å². The third-order valence-corrected chi connectivity index (χ3v) is 4.81. The molecule has 0 amide bonds. The highest BCUT2D eigenvalue weighted by Crippen LogP contribution is 2.14. The van der Waals surface area contributed by atoms with Gasteiger partial charge >= 0.3 is 5.69 Å². The van der Waals surface area contributed by atoms with Crippen molar-refractivity contribution in [2.45, 2.75) is 19.9 Å². The molecule has 0 saturated carbocycles. The van der Waals surface area contributed by atoms with Gasteiger partial charge in [0.15, 0.2) is 0 Å². The summed E-state index contributed by atoms with van der Waals surface area (Å²) < 4.78 is 1.91. The molecule has 0 fully saturated rings. The van der Waals surface area contributed by atoms with E-state index in [1.807, 2.05) is 23.6 Å². The van der Waals surface area contributed by atoms with Crippen LogP contribution in [0.25, 0.3) is 10.2 Å². The van der Waals surface area contributed by atoms with E-state index in [9.17, 15) is 9.59 Å². The van der Waals surface area contributed by atoms with Crippen LogP contribution in [0.1, 0.15) is 13.3 Å². The molecule has 0 aliphatic heterocycles. The maximum Gasteiger partial charge on any atom is 0.328 e. The Labute approximate surface area is 137 Å². The van der Waals surface area contributed by atoms with Crippen LogP contribution >= 0.6 is 11.3 Å². The Hall–Kier alpha value is -2.34. The molecule has 6 heteroatoms. The highest BCUT2D eigenvalue weighted by atomic mass is 32.1. The van der Waals surface area contributed by atoms with E-state index in [0.29, 0.717) is 16.8 Å². The molecule has 0 atom stereocenters. The number of aromatic amines is 1. The molecule has 0 bridgehead atoms. The van der Waals surface area contributed by atoms with Crippen LogP contribution in [-0.2, 0) is 6.54 Å². The molecule has 1 aromatic carbocycles. The lowest BCUT2D eigenvalue weighted by Crippen LogP contribution is -2.35. The topological polar surface area (TPSA) is 58.1 Å². The second-order valence-corrected chi connectivity index (χ2v) is 6.24. The molecule has 3 aromatic rings. The fraction of sp³-hybridized carbons (Fsp3) is 0.294. The molecular formula is C17H19N3O2S. The minimum absolute atomic E-state index is 0.193. The summed E-state index contributed by atoms with van der Waals surface area (Å²) in [7, 11) is 0. The molecule has 0 aliphatic rings. The monoisotopic (exact) mass is 329 g/mol.